The fourth-order valence-corrected chi connectivity index (χ4v) is 2.96. The van der Waals surface area contributed by atoms with Gasteiger partial charge in [0.1, 0.15) is 5.60 Å². The van der Waals surface area contributed by atoms with Crippen LogP contribution in [0.3, 0.4) is 0 Å². The highest BCUT2D eigenvalue weighted by atomic mass is 127. The molecular formula is C16H27IN6OS. The molecule has 1 unspecified atom stereocenters. The van der Waals surface area contributed by atoms with Crippen molar-refractivity contribution in [1.29, 1.82) is 0 Å². The molecule has 0 saturated carbocycles. The number of nitrogens with zero attached hydrogens (tertiary/aromatic N) is 4. The third-order valence-corrected chi connectivity index (χ3v) is 4.49. The Morgan fingerprint density at radius 2 is 2.16 bits per heavy atom. The molecule has 2 rings (SSSR count). The van der Waals surface area contributed by atoms with Crippen LogP contribution in [0.5, 0.6) is 0 Å². The standard InChI is InChI=1S/C16H26N6OS.HI/c1-5-17-15(18-7-6-14-19-8-12(2)24-14)20-11-16(3,23)13-9-21-22(4)10-13;/h8-10,23H,5-7,11H2,1-4H3,(H2,17,18,20);1H. The number of hydrogen-bond acceptors (Lipinski definition) is 5. The van der Waals surface area contributed by atoms with Crippen LogP contribution in [-0.4, -0.2) is 45.5 Å². The molecule has 0 fully saturated rings. The molecule has 0 bridgehead atoms. The van der Waals surface area contributed by atoms with Gasteiger partial charge in [-0.2, -0.15) is 5.10 Å². The fourth-order valence-electron chi connectivity index (χ4n) is 2.17. The number of rotatable bonds is 7. The van der Waals surface area contributed by atoms with Gasteiger partial charge < -0.3 is 15.7 Å². The van der Waals surface area contributed by atoms with Crippen molar-refractivity contribution in [3.8, 4) is 0 Å². The van der Waals surface area contributed by atoms with E-state index >= 15 is 0 Å². The average Bonchev–Trinajstić information content (AvgIpc) is 3.14. The molecule has 2 aromatic rings. The number of halogens is 1. The monoisotopic (exact) mass is 478 g/mol. The second kappa shape index (κ2) is 10.1. The maximum absolute atomic E-state index is 10.6. The van der Waals surface area contributed by atoms with Crippen molar-refractivity contribution < 1.29 is 5.11 Å². The second-order valence-corrected chi connectivity index (χ2v) is 7.23. The number of hydrogen-bond donors (Lipinski definition) is 3. The first kappa shape index (κ1) is 21.8. The molecule has 1 atom stereocenters. The molecule has 0 spiro atoms. The van der Waals surface area contributed by atoms with Gasteiger partial charge in [-0.25, -0.2) is 9.98 Å². The third kappa shape index (κ3) is 6.90. The predicted octanol–water partition coefficient (Wildman–Crippen LogP) is 1.81. The van der Waals surface area contributed by atoms with E-state index in [1.807, 2.05) is 20.2 Å². The van der Waals surface area contributed by atoms with E-state index in [0.29, 0.717) is 5.96 Å². The minimum Gasteiger partial charge on any atom is -0.383 e. The van der Waals surface area contributed by atoms with Crippen molar-refractivity contribution >= 4 is 41.3 Å². The minimum absolute atomic E-state index is 0. The number of aryl methyl sites for hydroxylation is 2. The Bertz CT molecular complexity index is 682. The van der Waals surface area contributed by atoms with Crippen LogP contribution in [0.4, 0.5) is 0 Å². The molecule has 9 heteroatoms. The summed E-state index contributed by atoms with van der Waals surface area (Å²) >= 11 is 1.71. The van der Waals surface area contributed by atoms with E-state index < -0.39 is 5.60 Å². The lowest BCUT2D eigenvalue weighted by atomic mass is 10.0. The van der Waals surface area contributed by atoms with Gasteiger partial charge in [0.05, 0.1) is 17.7 Å². The van der Waals surface area contributed by atoms with Crippen molar-refractivity contribution in [2.24, 2.45) is 12.0 Å². The number of aliphatic imine (C=N–C) groups is 1. The Morgan fingerprint density at radius 1 is 1.40 bits per heavy atom. The van der Waals surface area contributed by atoms with Crippen LogP contribution >= 0.6 is 35.3 Å². The molecule has 0 amide bonds. The Labute approximate surface area is 170 Å². The lowest BCUT2D eigenvalue weighted by molar-refractivity contribution is 0.0672. The SMILES string of the molecule is CCNC(=NCC(C)(O)c1cnn(C)c1)NCCc1ncc(C)s1.I. The third-order valence-electron chi connectivity index (χ3n) is 3.52. The van der Waals surface area contributed by atoms with Crippen molar-refractivity contribution in [1.82, 2.24) is 25.4 Å². The van der Waals surface area contributed by atoms with Crippen LogP contribution in [-0.2, 0) is 19.1 Å². The summed E-state index contributed by atoms with van der Waals surface area (Å²) in [6, 6.07) is 0. The smallest absolute Gasteiger partial charge is 0.191 e. The first-order valence-electron chi connectivity index (χ1n) is 8.05. The van der Waals surface area contributed by atoms with Gasteiger partial charge in [-0.05, 0) is 20.8 Å². The Balaban J connectivity index is 0.00000312. The molecule has 2 aromatic heterocycles. The minimum atomic E-state index is -1.05. The van der Waals surface area contributed by atoms with Gasteiger partial charge >= 0.3 is 0 Å². The van der Waals surface area contributed by atoms with Gasteiger partial charge in [0.2, 0.25) is 0 Å². The summed E-state index contributed by atoms with van der Waals surface area (Å²) in [6.45, 7) is 7.58. The van der Waals surface area contributed by atoms with E-state index in [0.717, 1.165) is 30.1 Å². The largest absolute Gasteiger partial charge is 0.383 e. The van der Waals surface area contributed by atoms with E-state index in [1.54, 1.807) is 35.3 Å². The highest BCUT2D eigenvalue weighted by molar-refractivity contribution is 14.0. The van der Waals surface area contributed by atoms with Crippen molar-refractivity contribution in [2.45, 2.75) is 32.8 Å². The molecule has 0 radical (unpaired) electrons. The number of guanidine groups is 1. The highest BCUT2D eigenvalue weighted by Gasteiger charge is 2.24. The molecule has 0 aliphatic rings. The van der Waals surface area contributed by atoms with Crippen molar-refractivity contribution in [3.63, 3.8) is 0 Å². The molecule has 140 valence electrons. The van der Waals surface area contributed by atoms with Crippen LogP contribution in [0.25, 0.3) is 0 Å². The van der Waals surface area contributed by atoms with Gasteiger partial charge in [-0.1, -0.05) is 0 Å². The van der Waals surface area contributed by atoms with Crippen molar-refractivity contribution in [3.05, 3.63) is 34.0 Å². The zero-order valence-corrected chi connectivity index (χ0v) is 18.3. The first-order valence-corrected chi connectivity index (χ1v) is 8.87. The van der Waals surface area contributed by atoms with Gasteiger partial charge in [-0.15, -0.1) is 35.3 Å². The zero-order chi connectivity index (χ0) is 17.6. The summed E-state index contributed by atoms with van der Waals surface area (Å²) in [4.78, 5) is 10.1. The zero-order valence-electron chi connectivity index (χ0n) is 15.1. The topological polar surface area (TPSA) is 87.4 Å². The van der Waals surface area contributed by atoms with Crippen LogP contribution in [0.15, 0.2) is 23.6 Å². The van der Waals surface area contributed by atoms with Gasteiger partial charge in [0, 0.05) is 49.4 Å². The summed E-state index contributed by atoms with van der Waals surface area (Å²) in [7, 11) is 1.83. The summed E-state index contributed by atoms with van der Waals surface area (Å²) in [6.07, 6.45) is 6.22. The average molecular weight is 478 g/mol. The van der Waals surface area contributed by atoms with Crippen LogP contribution in [0.2, 0.25) is 0 Å². The van der Waals surface area contributed by atoms with E-state index in [-0.39, 0.29) is 30.5 Å². The summed E-state index contributed by atoms with van der Waals surface area (Å²) in [5.74, 6) is 0.690. The molecule has 3 N–H and O–H groups in total. The summed E-state index contributed by atoms with van der Waals surface area (Å²) in [5.41, 5.74) is -0.300. The van der Waals surface area contributed by atoms with Gasteiger partial charge in [-0.3, -0.25) is 4.68 Å². The maximum Gasteiger partial charge on any atom is 0.191 e. The molecule has 0 aliphatic heterocycles. The van der Waals surface area contributed by atoms with E-state index in [2.05, 4.69) is 32.6 Å². The van der Waals surface area contributed by atoms with E-state index in [1.165, 1.54) is 4.88 Å². The fraction of sp³-hybridized carbons (Fsp3) is 0.562. The Hall–Kier alpha value is -1.20. The Kier molecular flexibility index (Phi) is 8.80. The Morgan fingerprint density at radius 3 is 2.72 bits per heavy atom. The van der Waals surface area contributed by atoms with Crippen molar-refractivity contribution in [2.75, 3.05) is 19.6 Å². The lowest BCUT2D eigenvalue weighted by Gasteiger charge is -2.20. The summed E-state index contributed by atoms with van der Waals surface area (Å²) < 4.78 is 1.67. The molecule has 7 nitrogen and oxygen atoms in total. The maximum atomic E-state index is 10.6. The lowest BCUT2D eigenvalue weighted by Crippen LogP contribution is -2.39. The highest BCUT2D eigenvalue weighted by Crippen LogP contribution is 2.19. The molecule has 0 aromatic carbocycles. The van der Waals surface area contributed by atoms with Crippen LogP contribution in [0.1, 0.15) is 29.3 Å². The number of aliphatic hydroxyl groups is 1. The van der Waals surface area contributed by atoms with Crippen LogP contribution < -0.4 is 10.6 Å². The molecule has 0 aliphatic carbocycles. The molecule has 0 saturated heterocycles. The normalized spacial score (nSPS) is 13.9. The number of thiazole rings is 1. The number of nitrogens with one attached hydrogen (secondary N) is 2. The molecule has 2 heterocycles. The summed E-state index contributed by atoms with van der Waals surface area (Å²) in [5, 5.41) is 22.3. The first-order chi connectivity index (χ1) is 11.4. The predicted molar refractivity (Wildman–Crippen MR) is 113 cm³/mol. The second-order valence-electron chi connectivity index (χ2n) is 5.91. The van der Waals surface area contributed by atoms with Gasteiger partial charge in [0.15, 0.2) is 5.96 Å². The molecule has 25 heavy (non-hydrogen) atoms. The van der Waals surface area contributed by atoms with E-state index in [9.17, 15) is 5.11 Å². The number of aromatic nitrogens is 3. The molecular weight excluding hydrogens is 451 g/mol. The van der Waals surface area contributed by atoms with Crippen LogP contribution in [0, 0.1) is 6.92 Å². The quantitative estimate of drug-likeness (QED) is 0.321. The van der Waals surface area contributed by atoms with Gasteiger partial charge in [0.25, 0.3) is 0 Å². The van der Waals surface area contributed by atoms with E-state index in [4.69, 9.17) is 0 Å².